The third-order valence-electron chi connectivity index (χ3n) is 2.84. The lowest BCUT2D eigenvalue weighted by Gasteiger charge is -2.07. The van der Waals surface area contributed by atoms with Gasteiger partial charge < -0.3 is 15.6 Å². The number of fused-ring (bicyclic) bond motifs is 1. The van der Waals surface area contributed by atoms with Crippen LogP contribution >= 0.6 is 0 Å². The highest BCUT2D eigenvalue weighted by Crippen LogP contribution is 2.19. The number of nitrogens with one attached hydrogen (secondary N) is 3. The Balaban J connectivity index is 1.87. The zero-order valence-electron chi connectivity index (χ0n) is 11.4. The first-order valence-corrected chi connectivity index (χ1v) is 6.42. The lowest BCUT2D eigenvalue weighted by Crippen LogP contribution is -2.07. The van der Waals surface area contributed by atoms with Gasteiger partial charge in [0.1, 0.15) is 5.52 Å². The Labute approximate surface area is 115 Å². The van der Waals surface area contributed by atoms with Gasteiger partial charge in [0, 0.05) is 31.9 Å². The minimum Gasteiger partial charge on any atom is -0.364 e. The van der Waals surface area contributed by atoms with Crippen LogP contribution in [0.15, 0.2) is 18.7 Å². The van der Waals surface area contributed by atoms with Gasteiger partial charge in [0.15, 0.2) is 11.5 Å². The Hall–Kier alpha value is -2.64. The van der Waals surface area contributed by atoms with E-state index in [9.17, 15) is 0 Å². The van der Waals surface area contributed by atoms with Crippen LogP contribution in [0.2, 0.25) is 0 Å². The first-order chi connectivity index (χ1) is 9.76. The maximum atomic E-state index is 4.45. The monoisotopic (exact) mass is 272 g/mol. The van der Waals surface area contributed by atoms with Crippen LogP contribution in [0, 0.1) is 0 Å². The predicted molar refractivity (Wildman–Crippen MR) is 76.4 cm³/mol. The summed E-state index contributed by atoms with van der Waals surface area (Å²) in [5.74, 6) is 1.30. The molecule has 0 aromatic carbocycles. The fourth-order valence-electron chi connectivity index (χ4n) is 1.95. The molecule has 3 aromatic rings. The van der Waals surface area contributed by atoms with E-state index in [1.54, 1.807) is 11.0 Å². The molecule has 0 atom stereocenters. The summed E-state index contributed by atoms with van der Waals surface area (Å²) in [4.78, 5) is 16.0. The Bertz CT molecular complexity index is 713. The summed E-state index contributed by atoms with van der Waals surface area (Å²) < 4.78 is 1.77. The third kappa shape index (κ3) is 2.40. The number of hydrogen-bond acceptors (Lipinski definition) is 6. The topological polar surface area (TPSA) is 96.3 Å². The van der Waals surface area contributed by atoms with Crippen molar-refractivity contribution in [2.45, 2.75) is 13.5 Å². The number of rotatable bonds is 5. The van der Waals surface area contributed by atoms with E-state index in [-0.39, 0.29) is 0 Å². The molecular weight excluding hydrogens is 256 g/mol. The zero-order chi connectivity index (χ0) is 13.9. The number of aromatic amines is 1. The van der Waals surface area contributed by atoms with E-state index in [1.165, 1.54) is 0 Å². The minimum absolute atomic E-state index is 0.570. The molecule has 3 aromatic heterocycles. The molecule has 20 heavy (non-hydrogen) atoms. The van der Waals surface area contributed by atoms with Crippen molar-refractivity contribution in [1.29, 1.82) is 0 Å². The summed E-state index contributed by atoms with van der Waals surface area (Å²) >= 11 is 0. The molecule has 0 bridgehead atoms. The fraction of sp³-hybridized carbons (Fsp3) is 0.333. The summed E-state index contributed by atoms with van der Waals surface area (Å²) in [5.41, 5.74) is 2.53. The van der Waals surface area contributed by atoms with Gasteiger partial charge in [-0.1, -0.05) is 0 Å². The molecule has 0 radical (unpaired) electrons. The van der Waals surface area contributed by atoms with Gasteiger partial charge in [0.25, 0.3) is 0 Å². The van der Waals surface area contributed by atoms with Crippen molar-refractivity contribution in [2.75, 3.05) is 17.2 Å². The van der Waals surface area contributed by atoms with Gasteiger partial charge in [-0.3, -0.25) is 4.68 Å². The van der Waals surface area contributed by atoms with Crippen LogP contribution in [0.25, 0.3) is 11.2 Å². The molecule has 3 N–H and O–H groups in total. The number of anilines is 2. The van der Waals surface area contributed by atoms with E-state index < -0.39 is 0 Å². The summed E-state index contributed by atoms with van der Waals surface area (Å²) in [6.45, 7) is 3.41. The van der Waals surface area contributed by atoms with Gasteiger partial charge in [0.2, 0.25) is 5.95 Å². The van der Waals surface area contributed by atoms with Crippen molar-refractivity contribution in [3.8, 4) is 0 Å². The Kier molecular flexibility index (Phi) is 3.20. The number of imidazole rings is 1. The molecule has 8 heteroatoms. The van der Waals surface area contributed by atoms with Crippen LogP contribution in [0.3, 0.4) is 0 Å². The van der Waals surface area contributed by atoms with Crippen molar-refractivity contribution in [3.63, 3.8) is 0 Å². The molecule has 0 unspecified atom stereocenters. The van der Waals surface area contributed by atoms with Gasteiger partial charge in [0.05, 0.1) is 12.5 Å². The fourth-order valence-corrected chi connectivity index (χ4v) is 1.95. The van der Waals surface area contributed by atoms with Gasteiger partial charge >= 0.3 is 0 Å². The summed E-state index contributed by atoms with van der Waals surface area (Å²) in [7, 11) is 1.89. The van der Waals surface area contributed by atoms with Crippen molar-refractivity contribution >= 4 is 22.9 Å². The molecule has 104 valence electrons. The minimum atomic E-state index is 0.570. The average molecular weight is 272 g/mol. The molecule has 0 saturated heterocycles. The van der Waals surface area contributed by atoms with Crippen molar-refractivity contribution < 1.29 is 0 Å². The molecule has 0 saturated carbocycles. The van der Waals surface area contributed by atoms with E-state index in [1.807, 2.05) is 26.4 Å². The number of aryl methyl sites for hydroxylation is 1. The molecule has 0 spiro atoms. The first kappa shape index (κ1) is 12.4. The molecule has 0 aliphatic rings. The number of hydrogen-bond donors (Lipinski definition) is 3. The second kappa shape index (κ2) is 5.16. The molecular formula is C12H16N8. The van der Waals surface area contributed by atoms with Crippen LogP contribution in [-0.4, -0.2) is 36.3 Å². The maximum absolute atomic E-state index is 4.45. The summed E-state index contributed by atoms with van der Waals surface area (Å²) in [5, 5.41) is 10.5. The SMILES string of the molecule is CCNc1nc(NCc2cnn(C)c2)c2[nH]cnc2n1. The quantitative estimate of drug-likeness (QED) is 0.644. The maximum Gasteiger partial charge on any atom is 0.226 e. The predicted octanol–water partition coefficient (Wildman–Crippen LogP) is 1.13. The van der Waals surface area contributed by atoms with Crippen LogP contribution in [0.1, 0.15) is 12.5 Å². The standard InChI is InChI=1S/C12H16N8/c1-3-13-12-18-10(9-11(19-12)16-7-15-9)14-4-8-5-17-20(2)6-8/h5-7H,3-4H2,1-2H3,(H3,13,14,15,16,18,19). The largest absolute Gasteiger partial charge is 0.364 e. The Morgan fingerprint density at radius 3 is 2.95 bits per heavy atom. The molecule has 0 aliphatic carbocycles. The first-order valence-electron chi connectivity index (χ1n) is 6.42. The van der Waals surface area contributed by atoms with Crippen LogP contribution in [0.4, 0.5) is 11.8 Å². The van der Waals surface area contributed by atoms with Gasteiger partial charge in [-0.2, -0.15) is 15.1 Å². The smallest absolute Gasteiger partial charge is 0.226 e. The molecule has 0 amide bonds. The van der Waals surface area contributed by atoms with Gasteiger partial charge in [-0.15, -0.1) is 0 Å². The summed E-state index contributed by atoms with van der Waals surface area (Å²) in [6, 6.07) is 0. The van der Waals surface area contributed by atoms with Gasteiger partial charge in [-0.25, -0.2) is 4.98 Å². The molecule has 3 heterocycles. The lowest BCUT2D eigenvalue weighted by molar-refractivity contribution is 0.767. The van der Waals surface area contributed by atoms with Crippen molar-refractivity contribution in [3.05, 3.63) is 24.3 Å². The Morgan fingerprint density at radius 1 is 1.30 bits per heavy atom. The average Bonchev–Trinajstić information content (AvgIpc) is 3.05. The number of nitrogens with zero attached hydrogens (tertiary/aromatic N) is 5. The molecule has 8 nitrogen and oxygen atoms in total. The normalized spacial score (nSPS) is 10.9. The zero-order valence-corrected chi connectivity index (χ0v) is 11.4. The molecule has 0 aliphatic heterocycles. The van der Waals surface area contributed by atoms with Crippen LogP contribution in [-0.2, 0) is 13.6 Å². The van der Waals surface area contributed by atoms with Crippen LogP contribution in [0.5, 0.6) is 0 Å². The highest BCUT2D eigenvalue weighted by Gasteiger charge is 2.09. The third-order valence-corrected chi connectivity index (χ3v) is 2.84. The van der Waals surface area contributed by atoms with E-state index in [0.717, 1.165) is 23.4 Å². The van der Waals surface area contributed by atoms with Gasteiger partial charge in [-0.05, 0) is 6.92 Å². The summed E-state index contributed by atoms with van der Waals surface area (Å²) in [6.07, 6.45) is 5.40. The lowest BCUT2D eigenvalue weighted by atomic mass is 10.3. The number of H-pyrrole nitrogens is 1. The molecule has 0 fully saturated rings. The molecule has 3 rings (SSSR count). The van der Waals surface area contributed by atoms with E-state index in [0.29, 0.717) is 18.1 Å². The van der Waals surface area contributed by atoms with E-state index in [2.05, 4.69) is 35.7 Å². The second-order valence-electron chi connectivity index (χ2n) is 4.40. The van der Waals surface area contributed by atoms with Crippen molar-refractivity contribution in [2.24, 2.45) is 7.05 Å². The van der Waals surface area contributed by atoms with E-state index >= 15 is 0 Å². The van der Waals surface area contributed by atoms with Crippen molar-refractivity contribution in [1.82, 2.24) is 29.7 Å². The second-order valence-corrected chi connectivity index (χ2v) is 4.40. The highest BCUT2D eigenvalue weighted by molar-refractivity contribution is 5.83. The Morgan fingerprint density at radius 2 is 2.20 bits per heavy atom. The number of aromatic nitrogens is 6. The van der Waals surface area contributed by atoms with Crippen LogP contribution < -0.4 is 10.6 Å². The highest BCUT2D eigenvalue weighted by atomic mass is 15.2. The van der Waals surface area contributed by atoms with E-state index in [4.69, 9.17) is 0 Å².